The smallest absolute Gasteiger partial charge is 0.275 e. The Bertz CT molecular complexity index is 677. The van der Waals surface area contributed by atoms with Crippen molar-refractivity contribution >= 4 is 22.9 Å². The molecule has 3 heterocycles. The van der Waals surface area contributed by atoms with Crippen molar-refractivity contribution in [2.75, 3.05) is 5.32 Å². The molecule has 1 N–H and O–H groups in total. The van der Waals surface area contributed by atoms with E-state index in [9.17, 15) is 4.79 Å². The molecule has 0 aliphatic rings. The largest absolute Gasteiger partial charge is 0.462 e. The van der Waals surface area contributed by atoms with Crippen molar-refractivity contribution in [1.29, 1.82) is 0 Å². The van der Waals surface area contributed by atoms with Gasteiger partial charge in [-0.1, -0.05) is 0 Å². The van der Waals surface area contributed by atoms with E-state index in [1.54, 1.807) is 42.2 Å². The van der Waals surface area contributed by atoms with E-state index in [0.717, 1.165) is 0 Å². The van der Waals surface area contributed by atoms with E-state index < -0.39 is 0 Å². The van der Waals surface area contributed by atoms with Gasteiger partial charge in [-0.3, -0.25) is 9.78 Å². The van der Waals surface area contributed by atoms with Gasteiger partial charge in [0.25, 0.3) is 5.91 Å². The number of anilines is 1. The van der Waals surface area contributed by atoms with Crippen molar-refractivity contribution < 1.29 is 9.21 Å². The number of hydrogen-bond acceptors (Lipinski definition) is 5. The Morgan fingerprint density at radius 3 is 3.00 bits per heavy atom. The molecule has 0 radical (unpaired) electrons. The third-order valence-electron chi connectivity index (χ3n) is 2.39. The van der Waals surface area contributed by atoms with E-state index in [0.29, 0.717) is 22.1 Å². The molecule has 0 aromatic carbocycles. The summed E-state index contributed by atoms with van der Waals surface area (Å²) in [5, 5.41) is 5.11. The van der Waals surface area contributed by atoms with Crippen LogP contribution < -0.4 is 5.32 Å². The lowest BCUT2D eigenvalue weighted by molar-refractivity contribution is 0.102. The Kier molecular flexibility index (Phi) is 3.07. The molecule has 0 bridgehead atoms. The van der Waals surface area contributed by atoms with Crippen LogP contribution in [0.4, 0.5) is 5.69 Å². The van der Waals surface area contributed by atoms with Crippen molar-refractivity contribution in [3.8, 4) is 10.8 Å². The third-order valence-corrected chi connectivity index (χ3v) is 3.25. The molecule has 0 saturated heterocycles. The number of carbonyl (C=O) groups excluding carboxylic acids is 1. The topological polar surface area (TPSA) is 68.0 Å². The summed E-state index contributed by atoms with van der Waals surface area (Å²) < 4.78 is 5.24. The molecular formula is C13H9N3O2S. The van der Waals surface area contributed by atoms with Crippen LogP contribution in [0.15, 0.2) is 52.7 Å². The van der Waals surface area contributed by atoms with Gasteiger partial charge in [0.1, 0.15) is 5.69 Å². The van der Waals surface area contributed by atoms with Crippen molar-refractivity contribution in [2.24, 2.45) is 0 Å². The zero-order chi connectivity index (χ0) is 13.1. The molecule has 0 spiro atoms. The first-order valence-corrected chi connectivity index (χ1v) is 6.42. The SMILES string of the molecule is O=C(Nc1cccnc1)c1csc(-c2ccco2)n1. The summed E-state index contributed by atoms with van der Waals surface area (Å²) in [6.07, 6.45) is 4.80. The lowest BCUT2D eigenvalue weighted by Crippen LogP contribution is -2.12. The molecule has 0 saturated carbocycles. The monoisotopic (exact) mass is 271 g/mol. The maximum absolute atomic E-state index is 12.0. The van der Waals surface area contributed by atoms with E-state index in [-0.39, 0.29) is 5.91 Å². The summed E-state index contributed by atoms with van der Waals surface area (Å²) in [6.45, 7) is 0. The summed E-state index contributed by atoms with van der Waals surface area (Å²) in [4.78, 5) is 20.1. The first-order chi connectivity index (χ1) is 9.33. The van der Waals surface area contributed by atoms with Crippen LogP contribution in [0, 0.1) is 0 Å². The molecule has 0 aliphatic carbocycles. The number of nitrogens with zero attached hydrogens (tertiary/aromatic N) is 2. The molecule has 3 aromatic rings. The van der Waals surface area contributed by atoms with Crippen LogP contribution in [0.1, 0.15) is 10.5 Å². The van der Waals surface area contributed by atoms with E-state index in [4.69, 9.17) is 4.42 Å². The minimum atomic E-state index is -0.262. The lowest BCUT2D eigenvalue weighted by Gasteiger charge is -2.00. The fraction of sp³-hybridized carbons (Fsp3) is 0. The predicted octanol–water partition coefficient (Wildman–Crippen LogP) is 3.05. The summed E-state index contributed by atoms with van der Waals surface area (Å²) in [6, 6.07) is 7.11. The van der Waals surface area contributed by atoms with Gasteiger partial charge in [-0.2, -0.15) is 0 Å². The second-order valence-corrected chi connectivity index (χ2v) is 4.57. The molecule has 0 fully saturated rings. The van der Waals surface area contributed by atoms with E-state index in [1.165, 1.54) is 11.3 Å². The number of hydrogen-bond donors (Lipinski definition) is 1. The van der Waals surface area contributed by atoms with Crippen LogP contribution in [0.5, 0.6) is 0 Å². The van der Waals surface area contributed by atoms with E-state index in [2.05, 4.69) is 15.3 Å². The van der Waals surface area contributed by atoms with Crippen LogP contribution in [0.2, 0.25) is 0 Å². The molecule has 3 aromatic heterocycles. The highest BCUT2D eigenvalue weighted by Gasteiger charge is 2.13. The van der Waals surface area contributed by atoms with Gasteiger partial charge in [0.2, 0.25) is 0 Å². The van der Waals surface area contributed by atoms with Crippen molar-refractivity contribution in [2.45, 2.75) is 0 Å². The van der Waals surface area contributed by atoms with Crippen LogP contribution in [0.25, 0.3) is 10.8 Å². The molecule has 0 aliphatic heterocycles. The average molecular weight is 271 g/mol. The van der Waals surface area contributed by atoms with E-state index in [1.807, 2.05) is 6.07 Å². The lowest BCUT2D eigenvalue weighted by atomic mass is 10.4. The van der Waals surface area contributed by atoms with Crippen molar-refractivity contribution in [3.05, 3.63) is 54.0 Å². The number of aromatic nitrogens is 2. The predicted molar refractivity (Wildman–Crippen MR) is 72.0 cm³/mol. The number of pyridine rings is 1. The van der Waals surface area contributed by atoms with Gasteiger partial charge in [0, 0.05) is 11.6 Å². The highest BCUT2D eigenvalue weighted by Crippen LogP contribution is 2.24. The molecular weight excluding hydrogens is 262 g/mol. The Hall–Kier alpha value is -2.47. The quantitative estimate of drug-likeness (QED) is 0.795. The van der Waals surface area contributed by atoms with Gasteiger partial charge >= 0.3 is 0 Å². The summed E-state index contributed by atoms with van der Waals surface area (Å²) >= 11 is 1.36. The molecule has 1 amide bonds. The van der Waals surface area contributed by atoms with Gasteiger partial charge in [-0.25, -0.2) is 4.98 Å². The zero-order valence-electron chi connectivity index (χ0n) is 9.74. The first kappa shape index (κ1) is 11.6. The molecule has 94 valence electrons. The maximum Gasteiger partial charge on any atom is 0.275 e. The fourth-order valence-corrected chi connectivity index (χ4v) is 2.29. The number of rotatable bonds is 3. The van der Waals surface area contributed by atoms with Gasteiger partial charge in [0.15, 0.2) is 10.8 Å². The third kappa shape index (κ3) is 2.53. The average Bonchev–Trinajstić information content (AvgIpc) is 3.11. The highest BCUT2D eigenvalue weighted by molar-refractivity contribution is 7.13. The van der Waals surface area contributed by atoms with Gasteiger partial charge in [-0.05, 0) is 24.3 Å². The Morgan fingerprint density at radius 1 is 1.32 bits per heavy atom. The van der Waals surface area contributed by atoms with E-state index >= 15 is 0 Å². The van der Waals surface area contributed by atoms with Gasteiger partial charge in [-0.15, -0.1) is 11.3 Å². The minimum Gasteiger partial charge on any atom is -0.462 e. The molecule has 0 unspecified atom stereocenters. The standard InChI is InChI=1S/C13H9N3O2S/c17-12(15-9-3-1-5-14-7-9)10-8-19-13(16-10)11-4-2-6-18-11/h1-8H,(H,15,17). The second-order valence-electron chi connectivity index (χ2n) is 3.71. The number of amides is 1. The van der Waals surface area contributed by atoms with Gasteiger partial charge < -0.3 is 9.73 Å². The maximum atomic E-state index is 12.0. The van der Waals surface area contributed by atoms with Gasteiger partial charge in [0.05, 0.1) is 18.1 Å². The number of thiazole rings is 1. The van der Waals surface area contributed by atoms with Crippen LogP contribution in [-0.2, 0) is 0 Å². The molecule has 0 atom stereocenters. The summed E-state index contributed by atoms with van der Waals surface area (Å²) in [7, 11) is 0. The molecule has 3 rings (SSSR count). The Balaban J connectivity index is 1.78. The zero-order valence-corrected chi connectivity index (χ0v) is 10.6. The number of furan rings is 1. The fourth-order valence-electron chi connectivity index (χ4n) is 1.52. The van der Waals surface area contributed by atoms with Crippen LogP contribution >= 0.6 is 11.3 Å². The number of carbonyl (C=O) groups is 1. The van der Waals surface area contributed by atoms with Crippen LogP contribution in [0.3, 0.4) is 0 Å². The second kappa shape index (κ2) is 5.03. The van der Waals surface area contributed by atoms with Crippen molar-refractivity contribution in [3.63, 3.8) is 0 Å². The molecule has 6 heteroatoms. The normalized spacial score (nSPS) is 10.3. The summed E-state index contributed by atoms with van der Waals surface area (Å²) in [5.74, 6) is 0.396. The Morgan fingerprint density at radius 2 is 2.26 bits per heavy atom. The first-order valence-electron chi connectivity index (χ1n) is 5.54. The van der Waals surface area contributed by atoms with Crippen LogP contribution in [-0.4, -0.2) is 15.9 Å². The summed E-state index contributed by atoms with van der Waals surface area (Å²) in [5.41, 5.74) is 1.00. The number of nitrogens with one attached hydrogen (secondary N) is 1. The Labute approximate surface area is 112 Å². The van der Waals surface area contributed by atoms with Crippen molar-refractivity contribution in [1.82, 2.24) is 9.97 Å². The highest BCUT2D eigenvalue weighted by atomic mass is 32.1. The molecule has 19 heavy (non-hydrogen) atoms. The molecule has 5 nitrogen and oxygen atoms in total. The minimum absolute atomic E-state index is 0.262.